The van der Waals surface area contributed by atoms with Crippen LogP contribution >= 0.6 is 23.5 Å². The maximum Gasteiger partial charge on any atom is 0.233 e. The van der Waals surface area contributed by atoms with E-state index < -0.39 is 0 Å². The van der Waals surface area contributed by atoms with E-state index in [9.17, 15) is 4.79 Å². The molecule has 1 unspecified atom stereocenters. The standard InChI is InChI=1S/C17H25NO2S2/c1-5-20-14-8-6-13(7-9-14)16-18(15(19)12-21-16)10-11-22-17(2,3)4/h6-9,16H,5,10-12H2,1-4H3. The largest absolute Gasteiger partial charge is 0.494 e. The summed E-state index contributed by atoms with van der Waals surface area (Å²) in [5, 5.41) is 0.142. The number of carbonyl (C=O) groups excluding carboxylic acids is 1. The Morgan fingerprint density at radius 3 is 2.59 bits per heavy atom. The number of rotatable bonds is 6. The third-order valence-corrected chi connectivity index (χ3v) is 5.82. The van der Waals surface area contributed by atoms with Gasteiger partial charge in [-0.2, -0.15) is 11.8 Å². The normalized spacial score (nSPS) is 18.8. The highest BCUT2D eigenvalue weighted by Crippen LogP contribution is 2.39. The van der Waals surface area contributed by atoms with Crippen LogP contribution in [0, 0.1) is 0 Å². The molecule has 1 aromatic carbocycles. The molecule has 1 saturated heterocycles. The Labute approximate surface area is 142 Å². The van der Waals surface area contributed by atoms with Crippen LogP contribution < -0.4 is 4.74 Å². The van der Waals surface area contributed by atoms with Crippen molar-refractivity contribution in [3.63, 3.8) is 0 Å². The van der Waals surface area contributed by atoms with Gasteiger partial charge in [-0.05, 0) is 24.6 Å². The molecule has 1 aliphatic rings. The molecule has 3 nitrogen and oxygen atoms in total. The van der Waals surface area contributed by atoms with E-state index in [1.54, 1.807) is 11.8 Å². The van der Waals surface area contributed by atoms with Crippen LogP contribution in [0.1, 0.15) is 38.6 Å². The topological polar surface area (TPSA) is 29.5 Å². The Kier molecular flexibility index (Phi) is 6.09. The Hall–Kier alpha value is -0.810. The molecule has 22 heavy (non-hydrogen) atoms. The molecular weight excluding hydrogens is 314 g/mol. The maximum atomic E-state index is 12.2. The van der Waals surface area contributed by atoms with E-state index in [2.05, 4.69) is 32.9 Å². The van der Waals surface area contributed by atoms with Crippen LogP contribution in [-0.2, 0) is 4.79 Å². The van der Waals surface area contributed by atoms with Crippen LogP contribution in [0.15, 0.2) is 24.3 Å². The van der Waals surface area contributed by atoms with Gasteiger partial charge in [0.2, 0.25) is 5.91 Å². The molecule has 1 aromatic rings. The minimum Gasteiger partial charge on any atom is -0.494 e. The minimum absolute atomic E-state index is 0.142. The van der Waals surface area contributed by atoms with Crippen molar-refractivity contribution >= 4 is 29.4 Å². The van der Waals surface area contributed by atoms with E-state index in [0.717, 1.165) is 18.0 Å². The molecule has 0 spiro atoms. The van der Waals surface area contributed by atoms with Gasteiger partial charge >= 0.3 is 0 Å². The van der Waals surface area contributed by atoms with E-state index >= 15 is 0 Å². The van der Waals surface area contributed by atoms with Crippen molar-refractivity contribution in [1.29, 1.82) is 0 Å². The highest BCUT2D eigenvalue weighted by atomic mass is 32.2. The van der Waals surface area contributed by atoms with Gasteiger partial charge in [0.25, 0.3) is 0 Å². The predicted molar refractivity (Wildman–Crippen MR) is 96.7 cm³/mol. The molecule has 2 rings (SSSR count). The van der Waals surface area contributed by atoms with Crippen LogP contribution in [0.3, 0.4) is 0 Å². The lowest BCUT2D eigenvalue weighted by atomic mass is 10.2. The average molecular weight is 340 g/mol. The highest BCUT2D eigenvalue weighted by molar-refractivity contribution is 8.01. The lowest BCUT2D eigenvalue weighted by molar-refractivity contribution is -0.127. The predicted octanol–water partition coefficient (Wildman–Crippen LogP) is 4.19. The van der Waals surface area contributed by atoms with Crippen LogP contribution in [0.2, 0.25) is 0 Å². The average Bonchev–Trinajstić information content (AvgIpc) is 2.80. The summed E-state index contributed by atoms with van der Waals surface area (Å²) in [5.74, 6) is 2.69. The number of benzene rings is 1. The monoisotopic (exact) mass is 339 g/mol. The summed E-state index contributed by atoms with van der Waals surface area (Å²) in [6, 6.07) is 8.13. The second-order valence-corrected chi connectivity index (χ2v) is 9.20. The van der Waals surface area contributed by atoms with Gasteiger partial charge in [0.15, 0.2) is 0 Å². The van der Waals surface area contributed by atoms with E-state index in [4.69, 9.17) is 4.74 Å². The van der Waals surface area contributed by atoms with E-state index in [1.165, 1.54) is 5.56 Å². The fourth-order valence-corrected chi connectivity index (χ4v) is 4.44. The number of ether oxygens (including phenoxy) is 1. The van der Waals surface area contributed by atoms with Gasteiger partial charge in [0.05, 0.1) is 12.4 Å². The van der Waals surface area contributed by atoms with Gasteiger partial charge in [-0.15, -0.1) is 11.8 Å². The van der Waals surface area contributed by atoms with Crippen LogP contribution in [-0.4, -0.2) is 40.2 Å². The number of nitrogens with zero attached hydrogens (tertiary/aromatic N) is 1. The molecule has 0 aromatic heterocycles. The molecule has 1 aliphatic heterocycles. The number of hydrogen-bond donors (Lipinski definition) is 0. The summed E-state index contributed by atoms with van der Waals surface area (Å²) in [7, 11) is 0. The zero-order valence-electron chi connectivity index (χ0n) is 13.8. The summed E-state index contributed by atoms with van der Waals surface area (Å²) in [4.78, 5) is 14.2. The number of thioether (sulfide) groups is 2. The summed E-state index contributed by atoms with van der Waals surface area (Å²) >= 11 is 3.62. The molecule has 0 radical (unpaired) electrons. The first kappa shape index (κ1) is 17.5. The van der Waals surface area contributed by atoms with Crippen molar-refractivity contribution in [2.75, 3.05) is 24.7 Å². The van der Waals surface area contributed by atoms with Gasteiger partial charge in [0, 0.05) is 17.0 Å². The van der Waals surface area contributed by atoms with Gasteiger partial charge in [-0.1, -0.05) is 32.9 Å². The van der Waals surface area contributed by atoms with Crippen molar-refractivity contribution in [2.24, 2.45) is 0 Å². The summed E-state index contributed by atoms with van der Waals surface area (Å²) in [6.45, 7) is 10.1. The van der Waals surface area contributed by atoms with Gasteiger partial charge in [-0.25, -0.2) is 0 Å². The zero-order chi connectivity index (χ0) is 16.2. The van der Waals surface area contributed by atoms with Crippen molar-refractivity contribution in [3.8, 4) is 5.75 Å². The van der Waals surface area contributed by atoms with Gasteiger partial charge < -0.3 is 9.64 Å². The van der Waals surface area contributed by atoms with Crippen molar-refractivity contribution in [3.05, 3.63) is 29.8 Å². The van der Waals surface area contributed by atoms with E-state index in [0.29, 0.717) is 12.4 Å². The van der Waals surface area contributed by atoms with Gasteiger partial charge in [-0.3, -0.25) is 4.79 Å². The molecule has 5 heteroatoms. The first-order valence-electron chi connectivity index (χ1n) is 7.68. The summed E-state index contributed by atoms with van der Waals surface area (Å²) < 4.78 is 5.72. The second-order valence-electron chi connectivity index (χ2n) is 6.21. The summed E-state index contributed by atoms with van der Waals surface area (Å²) in [6.07, 6.45) is 0. The number of amides is 1. The Bertz CT molecular complexity index is 496. The maximum absolute atomic E-state index is 12.2. The Balaban J connectivity index is 2.00. The highest BCUT2D eigenvalue weighted by Gasteiger charge is 2.32. The van der Waals surface area contributed by atoms with Crippen LogP contribution in [0.4, 0.5) is 0 Å². The fraction of sp³-hybridized carbons (Fsp3) is 0.588. The minimum atomic E-state index is 0.142. The summed E-state index contributed by atoms with van der Waals surface area (Å²) in [5.41, 5.74) is 1.18. The Morgan fingerprint density at radius 1 is 1.32 bits per heavy atom. The first-order valence-corrected chi connectivity index (χ1v) is 9.72. The number of carbonyl (C=O) groups is 1. The van der Waals surface area contributed by atoms with Crippen molar-refractivity contribution in [2.45, 2.75) is 37.8 Å². The van der Waals surface area contributed by atoms with Crippen molar-refractivity contribution in [1.82, 2.24) is 4.90 Å². The first-order chi connectivity index (χ1) is 10.4. The molecule has 0 bridgehead atoms. The second kappa shape index (κ2) is 7.64. The third-order valence-electron chi connectivity index (χ3n) is 3.31. The molecule has 122 valence electrons. The molecule has 0 saturated carbocycles. The molecular formula is C17H25NO2S2. The molecule has 1 amide bonds. The lowest BCUT2D eigenvalue weighted by Crippen LogP contribution is -2.31. The molecule has 1 fully saturated rings. The van der Waals surface area contributed by atoms with Crippen LogP contribution in [0.25, 0.3) is 0 Å². The van der Waals surface area contributed by atoms with Crippen molar-refractivity contribution < 1.29 is 9.53 Å². The molecule has 1 atom stereocenters. The van der Waals surface area contributed by atoms with E-state index in [1.807, 2.05) is 35.7 Å². The lowest BCUT2D eigenvalue weighted by Gasteiger charge is -2.26. The quantitative estimate of drug-likeness (QED) is 0.777. The van der Waals surface area contributed by atoms with E-state index in [-0.39, 0.29) is 16.0 Å². The smallest absolute Gasteiger partial charge is 0.233 e. The SMILES string of the molecule is CCOc1ccc(C2SCC(=O)N2CCSC(C)(C)C)cc1. The zero-order valence-corrected chi connectivity index (χ0v) is 15.4. The Morgan fingerprint density at radius 2 is 2.00 bits per heavy atom. The third kappa shape index (κ3) is 4.85. The molecule has 0 N–H and O–H groups in total. The van der Waals surface area contributed by atoms with Gasteiger partial charge in [0.1, 0.15) is 11.1 Å². The molecule has 0 aliphatic carbocycles. The number of hydrogen-bond acceptors (Lipinski definition) is 4. The fourth-order valence-electron chi connectivity index (χ4n) is 2.32. The molecule has 1 heterocycles. The van der Waals surface area contributed by atoms with Crippen LogP contribution in [0.5, 0.6) is 5.75 Å².